The summed E-state index contributed by atoms with van der Waals surface area (Å²) >= 11 is 0. The first kappa shape index (κ1) is 26.7. The third-order valence-corrected chi connectivity index (χ3v) is 3.26. The van der Waals surface area contributed by atoms with Gasteiger partial charge in [0.2, 0.25) is 0 Å². The van der Waals surface area contributed by atoms with Crippen LogP contribution in [0.3, 0.4) is 0 Å². The molecule has 0 unspecified atom stereocenters. The number of carbonyl (C=O) groups excluding carboxylic acids is 3. The third-order valence-electron chi connectivity index (χ3n) is 3.26. The van der Waals surface area contributed by atoms with Gasteiger partial charge in [-0.2, -0.15) is 0 Å². The summed E-state index contributed by atoms with van der Waals surface area (Å²) in [4.78, 5) is 28.3. The summed E-state index contributed by atoms with van der Waals surface area (Å²) in [6.45, 7) is 5.54. The number of likely N-dealkylation sites (tertiary alicyclic amines) is 1. The molecule has 2 rings (SSSR count). The number of aliphatic carboxylic acids is 3. The predicted octanol–water partition coefficient (Wildman–Crippen LogP) is -5.30. The van der Waals surface area contributed by atoms with E-state index in [-0.39, 0.29) is 0 Å². The van der Waals surface area contributed by atoms with Gasteiger partial charge in [-0.3, -0.25) is 0 Å². The van der Waals surface area contributed by atoms with Crippen LogP contribution in [0.2, 0.25) is 0 Å². The average molecular weight is 385 g/mol. The second-order valence-corrected chi connectivity index (χ2v) is 6.18. The van der Waals surface area contributed by atoms with Gasteiger partial charge in [-0.25, -0.2) is 0 Å². The fourth-order valence-electron chi connectivity index (χ4n) is 2.27. The number of rotatable bonds is 2. The Labute approximate surface area is 159 Å². The summed E-state index contributed by atoms with van der Waals surface area (Å²) in [7, 11) is 2.28. The van der Waals surface area contributed by atoms with Crippen molar-refractivity contribution in [2.24, 2.45) is 0 Å². The van der Waals surface area contributed by atoms with Gasteiger partial charge < -0.3 is 45.7 Å². The van der Waals surface area contributed by atoms with Crippen LogP contribution in [0.4, 0.5) is 11.4 Å². The highest BCUT2D eigenvalue weighted by atomic mass is 16.4. The highest BCUT2D eigenvalue weighted by molar-refractivity contribution is 5.60. The summed E-state index contributed by atoms with van der Waals surface area (Å²) in [6.07, 6.45) is 2.65. The first-order chi connectivity index (χ1) is 12.4. The molecule has 27 heavy (non-hydrogen) atoms. The lowest BCUT2D eigenvalue weighted by atomic mass is 10.1. The molecule has 9 heteroatoms. The van der Waals surface area contributed by atoms with Crippen molar-refractivity contribution in [2.75, 3.05) is 20.1 Å². The van der Waals surface area contributed by atoms with Gasteiger partial charge in [0.1, 0.15) is 17.4 Å². The van der Waals surface area contributed by atoms with Crippen molar-refractivity contribution in [2.45, 2.75) is 39.7 Å². The number of nitrogens with two attached hydrogens (primary N) is 1. The molecule has 1 aliphatic heterocycles. The minimum Gasteiger partial charge on any atom is -0.550 e. The fourth-order valence-corrected chi connectivity index (χ4v) is 2.27. The smallest absolute Gasteiger partial charge is 0.135 e. The van der Waals surface area contributed by atoms with E-state index in [1.165, 1.54) is 31.6 Å². The van der Waals surface area contributed by atoms with Crippen molar-refractivity contribution < 1.29 is 45.7 Å². The van der Waals surface area contributed by atoms with Crippen LogP contribution in [0.15, 0.2) is 24.3 Å². The fraction of sp³-hybridized carbons (Fsp3) is 0.500. The molecule has 0 aliphatic carbocycles. The lowest BCUT2D eigenvalue weighted by Gasteiger charge is -2.24. The molecular weight excluding hydrogens is 354 g/mol. The van der Waals surface area contributed by atoms with Crippen LogP contribution in [0.1, 0.15) is 33.6 Å². The lowest BCUT2D eigenvalue weighted by Crippen LogP contribution is -3.11. The van der Waals surface area contributed by atoms with Crippen molar-refractivity contribution in [3.63, 3.8) is 0 Å². The van der Waals surface area contributed by atoms with E-state index < -0.39 is 17.9 Å². The molecule has 1 heterocycles. The van der Waals surface area contributed by atoms with E-state index in [1.54, 1.807) is 4.90 Å². The Balaban J connectivity index is 0. The molecule has 0 bridgehead atoms. The number of carboxylic acids is 3. The minimum atomic E-state index is -1.08. The molecule has 6 N–H and O–H groups in total. The molecule has 0 aromatic heterocycles. The molecule has 1 aromatic carbocycles. The molecule has 9 nitrogen and oxygen atoms in total. The number of hydrogen-bond acceptors (Lipinski definition) is 6. The van der Waals surface area contributed by atoms with E-state index in [0.29, 0.717) is 0 Å². The Kier molecular flexibility index (Phi) is 15.6. The molecule has 1 fully saturated rings. The number of carbonyl (C=O) groups is 3. The Morgan fingerprint density at radius 1 is 1.00 bits per heavy atom. The second kappa shape index (κ2) is 15.7. The zero-order valence-electron chi connectivity index (χ0n) is 16.4. The molecule has 0 radical (unpaired) electrons. The molecule has 0 atom stereocenters. The van der Waals surface area contributed by atoms with Crippen LogP contribution < -0.4 is 31.3 Å². The van der Waals surface area contributed by atoms with Gasteiger partial charge in [0.05, 0.1) is 26.2 Å². The average Bonchev–Trinajstić information content (AvgIpc) is 2.48. The first-order valence-electron chi connectivity index (χ1n) is 8.55. The van der Waals surface area contributed by atoms with Crippen molar-refractivity contribution in [1.82, 2.24) is 0 Å². The maximum absolute atomic E-state index is 8.89. The summed E-state index contributed by atoms with van der Waals surface area (Å²) in [5.74, 6) is -3.25. The van der Waals surface area contributed by atoms with E-state index in [2.05, 4.69) is 42.4 Å². The van der Waals surface area contributed by atoms with Crippen molar-refractivity contribution in [1.29, 1.82) is 0 Å². The van der Waals surface area contributed by atoms with Crippen LogP contribution in [-0.4, -0.2) is 44.1 Å². The molecule has 0 amide bonds. The Morgan fingerprint density at radius 2 is 1.41 bits per heavy atom. The summed E-state index contributed by atoms with van der Waals surface area (Å²) in [6, 6.07) is 9.27. The predicted molar refractivity (Wildman–Crippen MR) is 92.3 cm³/mol. The first-order valence-corrected chi connectivity index (χ1v) is 8.55. The van der Waals surface area contributed by atoms with Crippen molar-refractivity contribution >= 4 is 29.3 Å². The van der Waals surface area contributed by atoms with Crippen LogP contribution in [0.5, 0.6) is 0 Å². The molecule has 1 saturated heterocycles. The quantitative estimate of drug-likeness (QED) is 0.429. The maximum atomic E-state index is 8.89. The van der Waals surface area contributed by atoms with Gasteiger partial charge in [0.25, 0.3) is 0 Å². The van der Waals surface area contributed by atoms with Gasteiger partial charge in [0.15, 0.2) is 0 Å². The summed E-state index contributed by atoms with van der Waals surface area (Å²) < 4.78 is 0. The van der Waals surface area contributed by atoms with Crippen LogP contribution in [-0.2, 0) is 14.4 Å². The van der Waals surface area contributed by atoms with Crippen LogP contribution >= 0.6 is 0 Å². The number of quaternary nitrogens is 3. The van der Waals surface area contributed by atoms with E-state index in [1.807, 2.05) is 0 Å². The van der Waals surface area contributed by atoms with Crippen LogP contribution in [0.25, 0.3) is 0 Å². The number of hydrogen-bond donors (Lipinski definition) is 3. The molecule has 0 spiro atoms. The number of benzene rings is 1. The van der Waals surface area contributed by atoms with Gasteiger partial charge in [-0.05, 0) is 32.9 Å². The Hall–Kier alpha value is -2.49. The monoisotopic (exact) mass is 385 g/mol. The van der Waals surface area contributed by atoms with Crippen molar-refractivity contribution in [3.05, 3.63) is 24.3 Å². The standard InChI is InChI=1S/C12H19N3.3C2H4O2/c1-15-7-5-11(6-8-15)14-12-4-2-3-10(13)9-12;3*1-2(3)4/h2-4,9,11,14H,5-8,13H2,1H3;3*1H3,(H,3,4). The highest BCUT2D eigenvalue weighted by Crippen LogP contribution is 2.06. The Morgan fingerprint density at radius 3 is 1.78 bits per heavy atom. The van der Waals surface area contributed by atoms with Gasteiger partial charge >= 0.3 is 0 Å². The number of piperidine rings is 1. The largest absolute Gasteiger partial charge is 0.550 e. The van der Waals surface area contributed by atoms with E-state index in [4.69, 9.17) is 29.7 Å². The second-order valence-electron chi connectivity index (χ2n) is 6.18. The lowest BCUT2D eigenvalue weighted by molar-refractivity contribution is -0.891. The zero-order chi connectivity index (χ0) is 21.4. The van der Waals surface area contributed by atoms with E-state index in [0.717, 1.165) is 32.5 Å². The van der Waals surface area contributed by atoms with Crippen LogP contribution in [0, 0.1) is 0 Å². The highest BCUT2D eigenvalue weighted by Gasteiger charge is 2.22. The Bertz CT molecular complexity index is 531. The molecular formula is C18H31N3O6. The molecule has 154 valence electrons. The van der Waals surface area contributed by atoms with E-state index >= 15 is 0 Å². The molecule has 0 saturated carbocycles. The number of carboxylic acid groups (broad SMARTS) is 3. The minimum absolute atomic E-state index is 0.774. The summed E-state index contributed by atoms with van der Waals surface area (Å²) in [5, 5.41) is 29.1. The zero-order valence-corrected chi connectivity index (χ0v) is 16.4. The van der Waals surface area contributed by atoms with Gasteiger partial charge in [-0.15, -0.1) is 0 Å². The van der Waals surface area contributed by atoms with Gasteiger partial charge in [-0.1, -0.05) is 6.07 Å². The number of nitrogens with one attached hydrogen (secondary N) is 1. The van der Waals surface area contributed by atoms with Crippen molar-refractivity contribution in [3.8, 4) is 0 Å². The van der Waals surface area contributed by atoms with Gasteiger partial charge in [0, 0.05) is 30.7 Å². The summed E-state index contributed by atoms with van der Waals surface area (Å²) in [5.41, 5.74) is 6.42. The normalized spacial score (nSPS) is 17.5. The SMILES string of the molecule is CC(=O)[O-].CC(=O)[O-].CC(=O)[O-].C[NH+]1CCC([NH2+]c2cccc([NH3+])c2)CC1. The topological polar surface area (TPSA) is 169 Å². The molecule has 1 aliphatic rings. The maximum Gasteiger partial charge on any atom is 0.135 e. The third kappa shape index (κ3) is 23.5. The van der Waals surface area contributed by atoms with E-state index in [9.17, 15) is 0 Å². The molecule has 1 aromatic rings.